The molecule has 0 N–H and O–H groups in total. The molecule has 0 atom stereocenters. The van der Waals surface area contributed by atoms with Crippen molar-refractivity contribution >= 4 is 46.7 Å². The summed E-state index contributed by atoms with van der Waals surface area (Å²) in [5, 5.41) is 0.822. The Labute approximate surface area is 189 Å². The Morgan fingerprint density at radius 1 is 0.828 bits per heavy atom. The Morgan fingerprint density at radius 2 is 1.34 bits per heavy atom. The molecule has 0 aromatic heterocycles. The van der Waals surface area contributed by atoms with E-state index >= 15 is 0 Å². The van der Waals surface area contributed by atoms with Crippen LogP contribution in [0.1, 0.15) is 78.1 Å². The first-order chi connectivity index (χ1) is 13.8. The van der Waals surface area contributed by atoms with E-state index in [1.807, 2.05) is 0 Å². The van der Waals surface area contributed by atoms with Crippen LogP contribution in [0.2, 0.25) is 15.1 Å². The molecular weight excluding hydrogens is 435 g/mol. The van der Waals surface area contributed by atoms with E-state index in [4.69, 9.17) is 44.3 Å². The monoisotopic (exact) mass is 464 g/mol. The van der Waals surface area contributed by atoms with Gasteiger partial charge in [0.25, 0.3) is 0 Å². The zero-order valence-corrected chi connectivity index (χ0v) is 19.5. The molecule has 0 aliphatic rings. The number of hydrogen-bond acceptors (Lipinski definition) is 4. The molecule has 0 spiro atoms. The Bertz CT molecular complexity index is 624. The molecule has 1 aromatic rings. The average molecular weight is 466 g/mol. The maximum atomic E-state index is 11.9. The maximum Gasteiger partial charge on any atom is 0.311 e. The van der Waals surface area contributed by atoms with Gasteiger partial charge in [0.2, 0.25) is 0 Å². The third kappa shape index (κ3) is 12.3. The van der Waals surface area contributed by atoms with Crippen molar-refractivity contribution in [3.05, 3.63) is 27.2 Å². The number of carbonyl (C=O) groups excluding carboxylic acids is 2. The topological polar surface area (TPSA) is 52.6 Å². The SMILES string of the molecule is CC(C)CCCOC(=O)CCCCCCCCC(=O)Oc1c(Cl)cc(Cl)cc1Cl. The van der Waals surface area contributed by atoms with Crippen molar-refractivity contribution in [2.24, 2.45) is 5.92 Å². The van der Waals surface area contributed by atoms with Crippen LogP contribution < -0.4 is 4.74 Å². The highest BCUT2D eigenvalue weighted by atomic mass is 35.5. The van der Waals surface area contributed by atoms with Gasteiger partial charge in [-0.1, -0.05) is 74.3 Å². The lowest BCUT2D eigenvalue weighted by Gasteiger charge is -2.08. The molecule has 4 nitrogen and oxygen atoms in total. The number of hydrogen-bond donors (Lipinski definition) is 0. The molecule has 0 radical (unpaired) electrons. The van der Waals surface area contributed by atoms with E-state index in [1.165, 1.54) is 12.1 Å². The minimum atomic E-state index is -0.365. The molecule has 0 unspecified atom stereocenters. The molecule has 0 aliphatic heterocycles. The van der Waals surface area contributed by atoms with Crippen LogP contribution in [0.4, 0.5) is 0 Å². The van der Waals surface area contributed by atoms with Crippen LogP contribution >= 0.6 is 34.8 Å². The van der Waals surface area contributed by atoms with Gasteiger partial charge in [0, 0.05) is 17.9 Å². The van der Waals surface area contributed by atoms with Crippen molar-refractivity contribution < 1.29 is 19.1 Å². The van der Waals surface area contributed by atoms with Crippen molar-refractivity contribution in [1.82, 2.24) is 0 Å². The summed E-state index contributed by atoms with van der Waals surface area (Å²) in [6, 6.07) is 2.97. The van der Waals surface area contributed by atoms with Crippen LogP contribution in [0.5, 0.6) is 5.75 Å². The Morgan fingerprint density at radius 3 is 1.90 bits per heavy atom. The number of halogens is 3. The zero-order chi connectivity index (χ0) is 21.6. The summed E-state index contributed by atoms with van der Waals surface area (Å²) < 4.78 is 10.5. The highest BCUT2D eigenvalue weighted by Gasteiger charge is 2.13. The summed E-state index contributed by atoms with van der Waals surface area (Å²) in [7, 11) is 0. The second-order valence-corrected chi connectivity index (χ2v) is 8.80. The highest BCUT2D eigenvalue weighted by Crippen LogP contribution is 2.36. The van der Waals surface area contributed by atoms with Gasteiger partial charge in [0.1, 0.15) is 0 Å². The number of esters is 2. The van der Waals surface area contributed by atoms with E-state index < -0.39 is 0 Å². The second kappa shape index (κ2) is 14.9. The van der Waals surface area contributed by atoms with Crippen molar-refractivity contribution in [3.8, 4) is 5.75 Å². The maximum absolute atomic E-state index is 11.9. The van der Waals surface area contributed by atoms with Crippen molar-refractivity contribution in [1.29, 1.82) is 0 Å². The lowest BCUT2D eigenvalue weighted by molar-refractivity contribution is -0.144. The summed E-state index contributed by atoms with van der Waals surface area (Å²) in [4.78, 5) is 23.5. The average Bonchev–Trinajstić information content (AvgIpc) is 2.63. The van der Waals surface area contributed by atoms with Crippen LogP contribution in [-0.4, -0.2) is 18.5 Å². The summed E-state index contributed by atoms with van der Waals surface area (Å²) in [5.74, 6) is 0.328. The molecule has 0 saturated carbocycles. The van der Waals surface area contributed by atoms with Crippen LogP contribution in [0, 0.1) is 5.92 Å². The van der Waals surface area contributed by atoms with Gasteiger partial charge in [-0.15, -0.1) is 0 Å². The smallest absolute Gasteiger partial charge is 0.311 e. The normalized spacial score (nSPS) is 11.0. The third-order valence-electron chi connectivity index (χ3n) is 4.38. The fourth-order valence-corrected chi connectivity index (χ4v) is 3.68. The lowest BCUT2D eigenvalue weighted by Crippen LogP contribution is -2.08. The van der Waals surface area contributed by atoms with E-state index in [-0.39, 0.29) is 27.7 Å². The molecule has 0 bridgehead atoms. The number of benzene rings is 1. The first-order valence-corrected chi connectivity index (χ1v) is 11.4. The summed E-state index contributed by atoms with van der Waals surface area (Å²) in [6.45, 7) is 4.85. The first-order valence-electron chi connectivity index (χ1n) is 10.3. The standard InChI is InChI=1S/C22H31Cl3O4/c1-16(2)10-9-13-28-20(26)11-7-5-3-4-6-8-12-21(27)29-22-18(24)14-17(23)15-19(22)25/h14-16H,3-13H2,1-2H3. The molecule has 0 fully saturated rings. The predicted molar refractivity (Wildman–Crippen MR) is 119 cm³/mol. The van der Waals surface area contributed by atoms with Gasteiger partial charge in [0.05, 0.1) is 16.7 Å². The molecule has 164 valence electrons. The first kappa shape index (κ1) is 26.1. The molecule has 29 heavy (non-hydrogen) atoms. The summed E-state index contributed by atoms with van der Waals surface area (Å²) in [5.41, 5.74) is 0. The molecule has 1 aromatic carbocycles. The van der Waals surface area contributed by atoms with E-state index in [2.05, 4.69) is 13.8 Å². The van der Waals surface area contributed by atoms with E-state index in [1.54, 1.807) is 0 Å². The van der Waals surface area contributed by atoms with Crippen LogP contribution in [0.25, 0.3) is 0 Å². The van der Waals surface area contributed by atoms with Crippen molar-refractivity contribution in [3.63, 3.8) is 0 Å². The van der Waals surface area contributed by atoms with Gasteiger partial charge in [0.15, 0.2) is 5.75 Å². The van der Waals surface area contributed by atoms with E-state index in [0.717, 1.165) is 51.4 Å². The molecule has 0 saturated heterocycles. The largest absolute Gasteiger partial charge is 0.466 e. The molecule has 0 amide bonds. The minimum Gasteiger partial charge on any atom is -0.466 e. The van der Waals surface area contributed by atoms with E-state index in [0.29, 0.717) is 30.4 Å². The molecular formula is C22H31Cl3O4. The number of unbranched alkanes of at least 4 members (excludes halogenated alkanes) is 5. The Hall–Kier alpha value is -0.970. The van der Waals surface area contributed by atoms with Gasteiger partial charge in [-0.2, -0.15) is 0 Å². The molecule has 7 heteroatoms. The predicted octanol–water partition coefficient (Wildman–Crippen LogP) is 7.65. The van der Waals surface area contributed by atoms with Crippen molar-refractivity contribution in [2.75, 3.05) is 6.61 Å². The lowest BCUT2D eigenvalue weighted by atomic mass is 10.1. The number of rotatable bonds is 14. The minimum absolute atomic E-state index is 0.101. The van der Waals surface area contributed by atoms with Crippen LogP contribution in [-0.2, 0) is 14.3 Å². The quantitative estimate of drug-likeness (QED) is 0.161. The number of carbonyl (C=O) groups is 2. The summed E-state index contributed by atoms with van der Waals surface area (Å²) in [6.07, 6.45) is 8.34. The third-order valence-corrected chi connectivity index (χ3v) is 5.16. The zero-order valence-electron chi connectivity index (χ0n) is 17.3. The van der Waals surface area contributed by atoms with E-state index in [9.17, 15) is 9.59 Å². The Kier molecular flexibility index (Phi) is 13.4. The molecule has 0 heterocycles. The Balaban J connectivity index is 2.03. The molecule has 0 aliphatic carbocycles. The fourth-order valence-electron chi connectivity index (χ4n) is 2.79. The fraction of sp³-hybridized carbons (Fsp3) is 0.636. The number of ether oxygens (including phenoxy) is 2. The van der Waals surface area contributed by atoms with Gasteiger partial charge in [-0.3, -0.25) is 9.59 Å². The van der Waals surface area contributed by atoms with Crippen LogP contribution in [0.15, 0.2) is 12.1 Å². The molecule has 1 rings (SSSR count). The van der Waals surface area contributed by atoms with Gasteiger partial charge >= 0.3 is 11.9 Å². The highest BCUT2D eigenvalue weighted by molar-refractivity contribution is 6.40. The van der Waals surface area contributed by atoms with Gasteiger partial charge in [-0.25, -0.2) is 0 Å². The van der Waals surface area contributed by atoms with Gasteiger partial charge < -0.3 is 9.47 Å². The summed E-state index contributed by atoms with van der Waals surface area (Å²) >= 11 is 17.8. The second-order valence-electron chi connectivity index (χ2n) is 7.55. The van der Waals surface area contributed by atoms with Crippen molar-refractivity contribution in [2.45, 2.75) is 78.1 Å². The van der Waals surface area contributed by atoms with Gasteiger partial charge in [-0.05, 0) is 43.7 Å². The van der Waals surface area contributed by atoms with Crippen LogP contribution in [0.3, 0.4) is 0 Å².